The average molecular weight is 346 g/mol. The fourth-order valence-corrected chi connectivity index (χ4v) is 3.46. The molecule has 1 saturated heterocycles. The molecule has 8 heteroatoms. The van der Waals surface area contributed by atoms with Crippen LogP contribution in [0.1, 0.15) is 30.1 Å². The second-order valence-corrected chi connectivity index (χ2v) is 6.84. The number of hydrogen-bond donors (Lipinski definition) is 1. The molecule has 1 aromatic carbocycles. The van der Waals surface area contributed by atoms with Gasteiger partial charge in [-0.05, 0) is 30.9 Å². The Bertz CT molecular complexity index is 748. The summed E-state index contributed by atoms with van der Waals surface area (Å²) in [6.07, 6.45) is 3.74. The van der Waals surface area contributed by atoms with E-state index in [0.29, 0.717) is 16.7 Å². The van der Waals surface area contributed by atoms with Crippen LogP contribution in [0.4, 0.5) is 16.5 Å². The van der Waals surface area contributed by atoms with E-state index in [1.807, 2.05) is 4.90 Å². The molecule has 1 N–H and O–H groups in total. The molecule has 2 aromatic rings. The van der Waals surface area contributed by atoms with Crippen LogP contribution in [0.5, 0.6) is 0 Å². The van der Waals surface area contributed by atoms with Gasteiger partial charge in [0, 0.05) is 36.3 Å². The summed E-state index contributed by atoms with van der Waals surface area (Å²) in [4.78, 5) is 29.3. The molecule has 24 heavy (non-hydrogen) atoms. The molecule has 1 aliphatic rings. The molecule has 1 fully saturated rings. The number of rotatable bonds is 4. The van der Waals surface area contributed by atoms with E-state index in [9.17, 15) is 14.9 Å². The number of aromatic nitrogens is 1. The molecule has 0 spiro atoms. The summed E-state index contributed by atoms with van der Waals surface area (Å²) in [5, 5.41) is 16.3. The van der Waals surface area contributed by atoms with Crippen molar-refractivity contribution in [3.8, 4) is 0 Å². The molecule has 1 aromatic heterocycles. The standard InChI is InChI=1S/C16H18N4O3S/c1-11-3-2-7-19(10-11)13-5-4-12(9-14(13)20(22)23)15(21)18-16-17-6-8-24-16/h4-6,8-9,11H,2-3,7,10H2,1H3,(H,17,18,21)/t11-/m0/s1. The van der Waals surface area contributed by atoms with Gasteiger partial charge in [-0.2, -0.15) is 0 Å². The van der Waals surface area contributed by atoms with Crippen molar-refractivity contribution in [3.63, 3.8) is 0 Å². The van der Waals surface area contributed by atoms with Gasteiger partial charge in [-0.25, -0.2) is 4.98 Å². The third kappa shape index (κ3) is 3.53. The van der Waals surface area contributed by atoms with Crippen molar-refractivity contribution in [1.82, 2.24) is 4.98 Å². The normalized spacial score (nSPS) is 17.5. The number of nitro benzene ring substituents is 1. The summed E-state index contributed by atoms with van der Waals surface area (Å²) in [7, 11) is 0. The Kier molecular flexibility index (Phi) is 4.75. The minimum absolute atomic E-state index is 0.0316. The highest BCUT2D eigenvalue weighted by molar-refractivity contribution is 7.13. The van der Waals surface area contributed by atoms with Gasteiger partial charge in [0.2, 0.25) is 0 Å². The van der Waals surface area contributed by atoms with Crippen LogP contribution in [0.3, 0.4) is 0 Å². The fraction of sp³-hybridized carbons (Fsp3) is 0.375. The zero-order chi connectivity index (χ0) is 17.1. The number of anilines is 2. The highest BCUT2D eigenvalue weighted by atomic mass is 32.1. The first-order valence-electron chi connectivity index (χ1n) is 7.79. The van der Waals surface area contributed by atoms with Crippen LogP contribution in [0.25, 0.3) is 0 Å². The van der Waals surface area contributed by atoms with Crippen molar-refractivity contribution in [1.29, 1.82) is 0 Å². The second kappa shape index (κ2) is 6.96. The number of nitrogens with zero attached hydrogens (tertiary/aromatic N) is 3. The number of thiazole rings is 1. The van der Waals surface area contributed by atoms with E-state index in [1.54, 1.807) is 23.7 Å². The topological polar surface area (TPSA) is 88.4 Å². The Balaban J connectivity index is 1.86. The molecule has 126 valence electrons. The average Bonchev–Trinajstić information content (AvgIpc) is 3.07. The molecular formula is C16H18N4O3S. The van der Waals surface area contributed by atoms with Gasteiger partial charge < -0.3 is 4.90 Å². The Morgan fingerprint density at radius 3 is 3.00 bits per heavy atom. The zero-order valence-corrected chi connectivity index (χ0v) is 14.1. The Hall–Kier alpha value is -2.48. The predicted octanol–water partition coefficient (Wildman–Crippen LogP) is 3.54. The molecule has 1 aliphatic heterocycles. The minimum atomic E-state index is -0.422. The molecule has 0 saturated carbocycles. The van der Waals surface area contributed by atoms with Gasteiger partial charge >= 0.3 is 0 Å². The van der Waals surface area contributed by atoms with Crippen LogP contribution >= 0.6 is 11.3 Å². The summed E-state index contributed by atoms with van der Waals surface area (Å²) in [5.41, 5.74) is 0.805. The molecular weight excluding hydrogens is 328 g/mol. The number of nitrogens with one attached hydrogen (secondary N) is 1. The third-order valence-electron chi connectivity index (χ3n) is 4.08. The third-order valence-corrected chi connectivity index (χ3v) is 4.77. The largest absolute Gasteiger partial charge is 0.366 e. The van der Waals surface area contributed by atoms with Crippen molar-refractivity contribution in [2.75, 3.05) is 23.3 Å². The van der Waals surface area contributed by atoms with Gasteiger partial charge in [0.15, 0.2) is 5.13 Å². The number of carbonyl (C=O) groups is 1. The van der Waals surface area contributed by atoms with E-state index in [1.165, 1.54) is 17.4 Å². The molecule has 7 nitrogen and oxygen atoms in total. The van der Waals surface area contributed by atoms with Gasteiger partial charge in [-0.1, -0.05) is 6.92 Å². The van der Waals surface area contributed by atoms with Gasteiger partial charge in [-0.3, -0.25) is 20.2 Å². The van der Waals surface area contributed by atoms with Crippen molar-refractivity contribution in [3.05, 3.63) is 45.5 Å². The van der Waals surface area contributed by atoms with Crippen LogP contribution in [0.2, 0.25) is 0 Å². The Morgan fingerprint density at radius 2 is 2.33 bits per heavy atom. The van der Waals surface area contributed by atoms with Crippen LogP contribution in [-0.2, 0) is 0 Å². The molecule has 0 radical (unpaired) electrons. The van der Waals surface area contributed by atoms with E-state index in [-0.39, 0.29) is 11.3 Å². The predicted molar refractivity (Wildman–Crippen MR) is 93.8 cm³/mol. The lowest BCUT2D eigenvalue weighted by Crippen LogP contribution is -2.34. The number of nitro groups is 1. The first-order valence-corrected chi connectivity index (χ1v) is 8.67. The first kappa shape index (κ1) is 16.4. The molecule has 1 atom stereocenters. The number of benzene rings is 1. The molecule has 3 rings (SSSR count). The minimum Gasteiger partial charge on any atom is -0.366 e. The van der Waals surface area contributed by atoms with Crippen LogP contribution in [0.15, 0.2) is 29.8 Å². The van der Waals surface area contributed by atoms with Crippen molar-refractivity contribution >= 4 is 33.8 Å². The molecule has 2 heterocycles. The highest BCUT2D eigenvalue weighted by Crippen LogP contribution is 2.32. The lowest BCUT2D eigenvalue weighted by atomic mass is 9.99. The molecule has 1 amide bonds. The zero-order valence-electron chi connectivity index (χ0n) is 13.3. The van der Waals surface area contributed by atoms with Gasteiger partial charge in [0.25, 0.3) is 11.6 Å². The van der Waals surface area contributed by atoms with Crippen molar-refractivity contribution in [2.24, 2.45) is 5.92 Å². The van der Waals surface area contributed by atoms with Crippen LogP contribution in [-0.4, -0.2) is 28.9 Å². The quantitative estimate of drug-likeness (QED) is 0.676. The van der Waals surface area contributed by atoms with Gasteiger partial charge in [0.1, 0.15) is 5.69 Å². The van der Waals surface area contributed by atoms with Gasteiger partial charge in [0.05, 0.1) is 4.92 Å². The Morgan fingerprint density at radius 1 is 1.50 bits per heavy atom. The van der Waals surface area contributed by atoms with E-state index < -0.39 is 10.8 Å². The maximum atomic E-state index is 12.2. The monoisotopic (exact) mass is 346 g/mol. The lowest BCUT2D eigenvalue weighted by molar-refractivity contribution is -0.384. The maximum absolute atomic E-state index is 12.2. The van der Waals surface area contributed by atoms with E-state index in [4.69, 9.17) is 0 Å². The highest BCUT2D eigenvalue weighted by Gasteiger charge is 2.25. The summed E-state index contributed by atoms with van der Waals surface area (Å²) in [6, 6.07) is 4.65. The number of amides is 1. The second-order valence-electron chi connectivity index (χ2n) is 5.95. The number of hydrogen-bond acceptors (Lipinski definition) is 6. The SMILES string of the molecule is C[C@H]1CCCN(c2ccc(C(=O)Nc3nccs3)cc2[N+](=O)[O-])C1. The maximum Gasteiger partial charge on any atom is 0.293 e. The van der Waals surface area contributed by atoms with E-state index in [2.05, 4.69) is 17.2 Å². The molecule has 0 unspecified atom stereocenters. The smallest absolute Gasteiger partial charge is 0.293 e. The fourth-order valence-electron chi connectivity index (χ4n) is 2.94. The Labute approximate surface area is 143 Å². The van der Waals surface area contributed by atoms with Crippen molar-refractivity contribution in [2.45, 2.75) is 19.8 Å². The summed E-state index contributed by atoms with van der Waals surface area (Å²) in [6.45, 7) is 3.75. The van der Waals surface area contributed by atoms with Crippen LogP contribution < -0.4 is 10.2 Å². The van der Waals surface area contributed by atoms with Crippen LogP contribution in [0, 0.1) is 16.0 Å². The molecule has 0 bridgehead atoms. The summed E-state index contributed by atoms with van der Waals surface area (Å²) in [5.74, 6) is 0.109. The van der Waals surface area contributed by atoms with Crippen molar-refractivity contribution < 1.29 is 9.72 Å². The summed E-state index contributed by atoms with van der Waals surface area (Å²) < 4.78 is 0. The summed E-state index contributed by atoms with van der Waals surface area (Å²) >= 11 is 1.30. The number of piperidine rings is 1. The lowest BCUT2D eigenvalue weighted by Gasteiger charge is -2.32. The first-order chi connectivity index (χ1) is 11.5. The molecule has 0 aliphatic carbocycles. The van der Waals surface area contributed by atoms with E-state index >= 15 is 0 Å². The number of carbonyl (C=O) groups excluding carboxylic acids is 1. The van der Waals surface area contributed by atoms with E-state index in [0.717, 1.165) is 25.9 Å². The van der Waals surface area contributed by atoms with Gasteiger partial charge in [-0.15, -0.1) is 11.3 Å².